The molecule has 0 bridgehead atoms. The number of nitrogens with one attached hydrogen (secondary N) is 1. The second-order valence-corrected chi connectivity index (χ2v) is 5.71. The van der Waals surface area contributed by atoms with Gasteiger partial charge in [-0.3, -0.25) is 4.90 Å². The number of piperazine rings is 1. The maximum absolute atomic E-state index is 3.53. The van der Waals surface area contributed by atoms with Crippen molar-refractivity contribution in [3.63, 3.8) is 0 Å². The summed E-state index contributed by atoms with van der Waals surface area (Å²) in [7, 11) is 2.10. The van der Waals surface area contributed by atoms with E-state index >= 15 is 0 Å². The van der Waals surface area contributed by atoms with Gasteiger partial charge >= 0.3 is 0 Å². The summed E-state index contributed by atoms with van der Waals surface area (Å²) in [4.78, 5) is 5.23. The van der Waals surface area contributed by atoms with E-state index in [0.29, 0.717) is 12.1 Å². The number of likely N-dealkylation sites (N-methyl/N-ethyl adjacent to an activating group) is 2. The van der Waals surface area contributed by atoms with Crippen molar-refractivity contribution in [2.75, 3.05) is 39.8 Å². The summed E-state index contributed by atoms with van der Waals surface area (Å²) in [5, 5.41) is 3.53. The maximum atomic E-state index is 3.53. The van der Waals surface area contributed by atoms with Crippen molar-refractivity contribution in [3.8, 4) is 0 Å². The van der Waals surface area contributed by atoms with Gasteiger partial charge in [0.1, 0.15) is 0 Å². The molecule has 1 aromatic rings. The van der Waals surface area contributed by atoms with Gasteiger partial charge < -0.3 is 10.2 Å². The Bertz CT molecular complexity index is 424. The molecule has 1 saturated heterocycles. The van der Waals surface area contributed by atoms with E-state index in [9.17, 15) is 0 Å². The fraction of sp³-hybridized carbons (Fsp3) is 0.625. The molecule has 3 nitrogen and oxygen atoms in total. The van der Waals surface area contributed by atoms with Gasteiger partial charge in [-0.15, -0.1) is 0 Å². The smallest absolute Gasteiger partial charge is 0.0508 e. The van der Waals surface area contributed by atoms with Crippen LogP contribution in [-0.2, 0) is 6.42 Å². The van der Waals surface area contributed by atoms with Crippen molar-refractivity contribution in [1.82, 2.24) is 15.1 Å². The molecular weight excluding hydrogens is 234 g/mol. The molecule has 104 valence electrons. The Hall–Kier alpha value is -0.900. The van der Waals surface area contributed by atoms with E-state index in [1.165, 1.54) is 44.7 Å². The fourth-order valence-corrected chi connectivity index (χ4v) is 3.64. The zero-order valence-corrected chi connectivity index (χ0v) is 12.1. The lowest BCUT2D eigenvalue weighted by Crippen LogP contribution is -2.50. The molecular formula is C16H25N3. The van der Waals surface area contributed by atoms with Crippen molar-refractivity contribution in [2.24, 2.45) is 0 Å². The predicted molar refractivity (Wildman–Crippen MR) is 79.4 cm³/mol. The molecule has 1 aliphatic carbocycles. The summed E-state index contributed by atoms with van der Waals surface area (Å²) in [6.07, 6.45) is 1.17. The number of hydrogen-bond acceptors (Lipinski definition) is 3. The van der Waals surface area contributed by atoms with Gasteiger partial charge in [0.25, 0.3) is 0 Å². The monoisotopic (exact) mass is 259 g/mol. The van der Waals surface area contributed by atoms with Crippen LogP contribution < -0.4 is 5.32 Å². The highest BCUT2D eigenvalue weighted by molar-refractivity contribution is 5.37. The average Bonchev–Trinajstić information content (AvgIpc) is 2.86. The van der Waals surface area contributed by atoms with Gasteiger partial charge in [0.15, 0.2) is 0 Å². The first kappa shape index (κ1) is 13.1. The van der Waals surface area contributed by atoms with E-state index in [4.69, 9.17) is 0 Å². The highest BCUT2D eigenvalue weighted by Crippen LogP contribution is 2.36. The lowest BCUT2D eigenvalue weighted by Gasteiger charge is -2.40. The van der Waals surface area contributed by atoms with E-state index in [2.05, 4.69) is 53.4 Å². The Morgan fingerprint density at radius 3 is 2.58 bits per heavy atom. The van der Waals surface area contributed by atoms with E-state index in [-0.39, 0.29) is 0 Å². The standard InChI is InChI=1S/C16H25N3/c1-3-18-8-10-19(11-9-18)16-14-7-5-4-6-13(14)12-15(16)17-2/h4-7,15-17H,3,8-12H2,1-2H3/t15?,16-/m1/s1. The molecule has 2 aliphatic rings. The Morgan fingerprint density at radius 2 is 1.89 bits per heavy atom. The van der Waals surface area contributed by atoms with Gasteiger partial charge in [0, 0.05) is 32.2 Å². The third kappa shape index (κ3) is 2.42. The first-order chi connectivity index (χ1) is 9.33. The molecule has 0 amide bonds. The summed E-state index contributed by atoms with van der Waals surface area (Å²) in [5.74, 6) is 0. The van der Waals surface area contributed by atoms with Crippen molar-refractivity contribution in [3.05, 3.63) is 35.4 Å². The minimum Gasteiger partial charge on any atom is -0.315 e. The highest BCUT2D eigenvalue weighted by atomic mass is 15.3. The minimum atomic E-state index is 0.570. The van der Waals surface area contributed by atoms with Crippen LogP contribution in [0, 0.1) is 0 Å². The number of hydrogen-bond donors (Lipinski definition) is 1. The average molecular weight is 259 g/mol. The van der Waals surface area contributed by atoms with Crippen LogP contribution in [0.3, 0.4) is 0 Å². The van der Waals surface area contributed by atoms with Gasteiger partial charge in [-0.05, 0) is 31.1 Å². The Balaban J connectivity index is 1.79. The molecule has 19 heavy (non-hydrogen) atoms. The third-order valence-corrected chi connectivity index (χ3v) is 4.81. The van der Waals surface area contributed by atoms with Gasteiger partial charge in [-0.1, -0.05) is 31.2 Å². The molecule has 3 rings (SSSR count). The second kappa shape index (κ2) is 5.61. The van der Waals surface area contributed by atoms with Crippen LogP contribution >= 0.6 is 0 Å². The van der Waals surface area contributed by atoms with Crippen LogP contribution in [0.5, 0.6) is 0 Å². The van der Waals surface area contributed by atoms with Crippen LogP contribution in [0.4, 0.5) is 0 Å². The van der Waals surface area contributed by atoms with Gasteiger partial charge in [0.05, 0.1) is 6.04 Å². The molecule has 1 unspecified atom stereocenters. The topological polar surface area (TPSA) is 18.5 Å². The van der Waals surface area contributed by atoms with Crippen molar-refractivity contribution < 1.29 is 0 Å². The Morgan fingerprint density at radius 1 is 1.16 bits per heavy atom. The Kier molecular flexibility index (Phi) is 3.87. The second-order valence-electron chi connectivity index (χ2n) is 5.71. The molecule has 1 aliphatic heterocycles. The van der Waals surface area contributed by atoms with Crippen LogP contribution in [0.25, 0.3) is 0 Å². The quantitative estimate of drug-likeness (QED) is 0.888. The van der Waals surface area contributed by atoms with E-state index in [1.807, 2.05) is 0 Å². The lowest BCUT2D eigenvalue weighted by molar-refractivity contribution is 0.0874. The number of benzene rings is 1. The molecule has 1 heterocycles. The molecule has 3 heteroatoms. The molecule has 1 fully saturated rings. The molecule has 2 atom stereocenters. The highest BCUT2D eigenvalue weighted by Gasteiger charge is 2.36. The van der Waals surface area contributed by atoms with E-state index in [1.54, 1.807) is 5.56 Å². The summed E-state index contributed by atoms with van der Waals surface area (Å²) < 4.78 is 0. The zero-order chi connectivity index (χ0) is 13.2. The summed E-state index contributed by atoms with van der Waals surface area (Å²) >= 11 is 0. The van der Waals surface area contributed by atoms with Gasteiger partial charge in [0.2, 0.25) is 0 Å². The predicted octanol–water partition coefficient (Wildman–Crippen LogP) is 1.51. The first-order valence-electron chi connectivity index (χ1n) is 7.55. The molecule has 0 radical (unpaired) electrons. The maximum Gasteiger partial charge on any atom is 0.0508 e. The van der Waals surface area contributed by atoms with Crippen LogP contribution in [-0.4, -0.2) is 55.6 Å². The zero-order valence-electron chi connectivity index (χ0n) is 12.1. The first-order valence-corrected chi connectivity index (χ1v) is 7.55. The van der Waals surface area contributed by atoms with E-state index < -0.39 is 0 Å². The summed E-state index contributed by atoms with van der Waals surface area (Å²) in [6.45, 7) is 8.27. The molecule has 1 aromatic carbocycles. The number of nitrogens with zero attached hydrogens (tertiary/aromatic N) is 2. The van der Waals surface area contributed by atoms with Gasteiger partial charge in [-0.25, -0.2) is 0 Å². The minimum absolute atomic E-state index is 0.570. The lowest BCUT2D eigenvalue weighted by atomic mass is 10.0. The summed E-state index contributed by atoms with van der Waals surface area (Å²) in [6, 6.07) is 10.1. The van der Waals surface area contributed by atoms with Crippen molar-refractivity contribution >= 4 is 0 Å². The normalized spacial score (nSPS) is 28.5. The van der Waals surface area contributed by atoms with Crippen molar-refractivity contribution in [2.45, 2.75) is 25.4 Å². The van der Waals surface area contributed by atoms with Crippen LogP contribution in [0.15, 0.2) is 24.3 Å². The molecule has 0 spiro atoms. The van der Waals surface area contributed by atoms with Crippen molar-refractivity contribution in [1.29, 1.82) is 0 Å². The van der Waals surface area contributed by atoms with Crippen LogP contribution in [0.2, 0.25) is 0 Å². The SMILES string of the molecule is CCN1CCN([C@@H]2c3ccccc3CC2NC)CC1. The van der Waals surface area contributed by atoms with Gasteiger partial charge in [-0.2, -0.15) is 0 Å². The van der Waals surface area contributed by atoms with E-state index in [0.717, 1.165) is 0 Å². The molecule has 0 aromatic heterocycles. The van der Waals surface area contributed by atoms with Crippen LogP contribution in [0.1, 0.15) is 24.1 Å². The molecule has 0 saturated carbocycles. The summed E-state index contributed by atoms with van der Waals surface area (Å²) in [5.41, 5.74) is 3.08. The third-order valence-electron chi connectivity index (χ3n) is 4.81. The Labute approximate surface area is 116 Å². The number of fused-ring (bicyclic) bond motifs is 1. The number of rotatable bonds is 3. The largest absolute Gasteiger partial charge is 0.315 e. The molecule has 1 N–H and O–H groups in total. The fourth-order valence-electron chi connectivity index (χ4n) is 3.64.